The third kappa shape index (κ3) is 3.58. The van der Waals surface area contributed by atoms with Gasteiger partial charge in [-0.1, -0.05) is 0 Å². The Morgan fingerprint density at radius 3 is 2.53 bits per heavy atom. The lowest BCUT2D eigenvalue weighted by Gasteiger charge is -2.23. The monoisotopic (exact) mass is 237 g/mol. The molecule has 0 aliphatic rings. The number of hydrogen-bond donors (Lipinski definition) is 1. The van der Waals surface area contributed by atoms with Gasteiger partial charge in [-0.25, -0.2) is 4.98 Å². The number of likely N-dealkylation sites (N-methyl/N-ethyl adjacent to an activating group) is 2. The highest BCUT2D eigenvalue weighted by Crippen LogP contribution is 2.08. The zero-order chi connectivity index (χ0) is 12.8. The van der Waals surface area contributed by atoms with Gasteiger partial charge < -0.3 is 15.5 Å². The normalized spacial score (nSPS) is 10.1. The maximum Gasteiger partial charge on any atom is 0.242 e. The molecule has 0 fully saturated rings. The highest BCUT2D eigenvalue weighted by atomic mass is 16.2. The number of aromatic nitrogens is 2. The van der Waals surface area contributed by atoms with Gasteiger partial charge in [-0.05, 0) is 13.8 Å². The van der Waals surface area contributed by atoms with Gasteiger partial charge in [-0.2, -0.15) is 0 Å². The second kappa shape index (κ2) is 6.03. The van der Waals surface area contributed by atoms with Crippen molar-refractivity contribution in [3.63, 3.8) is 0 Å². The van der Waals surface area contributed by atoms with Crippen LogP contribution in [0.5, 0.6) is 0 Å². The van der Waals surface area contributed by atoms with Gasteiger partial charge in [0, 0.05) is 20.1 Å². The van der Waals surface area contributed by atoms with Crippen molar-refractivity contribution in [2.45, 2.75) is 13.8 Å². The first-order valence-electron chi connectivity index (χ1n) is 5.64. The first-order valence-corrected chi connectivity index (χ1v) is 5.64. The molecule has 0 saturated carbocycles. The third-order valence-corrected chi connectivity index (χ3v) is 2.52. The minimum atomic E-state index is 0.0710. The quantitative estimate of drug-likeness (QED) is 0.800. The molecule has 0 atom stereocenters. The molecule has 1 amide bonds. The number of hydrogen-bond acceptors (Lipinski definition) is 5. The van der Waals surface area contributed by atoms with E-state index in [-0.39, 0.29) is 12.5 Å². The largest absolute Gasteiger partial charge is 0.382 e. The van der Waals surface area contributed by atoms with Crippen molar-refractivity contribution in [3.8, 4) is 0 Å². The maximum absolute atomic E-state index is 11.9. The SMILES string of the molecule is CCN(CC)C(=O)CN(C)c1cncc(N)n1. The fraction of sp³-hybridized carbons (Fsp3) is 0.545. The topological polar surface area (TPSA) is 75.4 Å². The molecule has 2 N–H and O–H groups in total. The van der Waals surface area contributed by atoms with Crippen molar-refractivity contribution < 1.29 is 4.79 Å². The van der Waals surface area contributed by atoms with E-state index in [1.54, 1.807) is 23.0 Å². The highest BCUT2D eigenvalue weighted by molar-refractivity contribution is 5.81. The summed E-state index contributed by atoms with van der Waals surface area (Å²) in [5, 5.41) is 0. The average Bonchev–Trinajstić information content (AvgIpc) is 2.30. The molecule has 1 heterocycles. The Balaban J connectivity index is 2.66. The van der Waals surface area contributed by atoms with Crippen molar-refractivity contribution in [1.82, 2.24) is 14.9 Å². The summed E-state index contributed by atoms with van der Waals surface area (Å²) < 4.78 is 0. The van der Waals surface area contributed by atoms with Crippen LogP contribution in [0.2, 0.25) is 0 Å². The minimum Gasteiger partial charge on any atom is -0.382 e. The van der Waals surface area contributed by atoms with E-state index in [1.165, 1.54) is 6.20 Å². The van der Waals surface area contributed by atoms with Gasteiger partial charge >= 0.3 is 0 Å². The zero-order valence-electron chi connectivity index (χ0n) is 10.6. The third-order valence-electron chi connectivity index (χ3n) is 2.52. The fourth-order valence-electron chi connectivity index (χ4n) is 1.51. The van der Waals surface area contributed by atoms with Crippen LogP contribution in [0.3, 0.4) is 0 Å². The van der Waals surface area contributed by atoms with Crippen molar-refractivity contribution in [3.05, 3.63) is 12.4 Å². The average molecular weight is 237 g/mol. The van der Waals surface area contributed by atoms with Gasteiger partial charge in [-0.3, -0.25) is 9.78 Å². The van der Waals surface area contributed by atoms with Gasteiger partial charge in [-0.15, -0.1) is 0 Å². The summed E-state index contributed by atoms with van der Waals surface area (Å²) in [6.07, 6.45) is 3.06. The maximum atomic E-state index is 11.9. The molecular weight excluding hydrogens is 218 g/mol. The van der Waals surface area contributed by atoms with Crippen molar-refractivity contribution >= 4 is 17.5 Å². The molecule has 0 spiro atoms. The molecule has 1 aromatic heterocycles. The van der Waals surface area contributed by atoms with Crippen LogP contribution < -0.4 is 10.6 Å². The van der Waals surface area contributed by atoms with E-state index in [4.69, 9.17) is 5.73 Å². The molecule has 94 valence electrons. The lowest BCUT2D eigenvalue weighted by atomic mass is 10.4. The predicted octanol–water partition coefficient (Wildman–Crippen LogP) is 0.363. The first kappa shape index (κ1) is 13.2. The molecule has 0 aliphatic carbocycles. The van der Waals surface area contributed by atoms with E-state index in [0.29, 0.717) is 24.7 Å². The molecule has 0 saturated heterocycles. The van der Waals surface area contributed by atoms with Crippen molar-refractivity contribution in [2.75, 3.05) is 37.3 Å². The molecular formula is C11H19N5O. The standard InChI is InChI=1S/C11H19N5O/c1-4-16(5-2)11(17)8-15(3)10-7-13-6-9(12)14-10/h6-7H,4-5,8H2,1-3H3,(H2,12,14). The molecule has 6 nitrogen and oxygen atoms in total. The summed E-state index contributed by atoms with van der Waals surface area (Å²) in [7, 11) is 1.80. The van der Waals surface area contributed by atoms with Crippen molar-refractivity contribution in [1.29, 1.82) is 0 Å². The second-order valence-electron chi connectivity index (χ2n) is 3.72. The molecule has 1 aromatic rings. The van der Waals surface area contributed by atoms with Crippen LogP contribution in [0.15, 0.2) is 12.4 Å². The zero-order valence-corrected chi connectivity index (χ0v) is 10.6. The molecule has 0 aliphatic heterocycles. The number of nitrogens with two attached hydrogens (primary N) is 1. The Kier molecular flexibility index (Phi) is 4.68. The number of anilines is 2. The van der Waals surface area contributed by atoms with Gasteiger partial charge in [0.2, 0.25) is 5.91 Å². The summed E-state index contributed by atoms with van der Waals surface area (Å²) in [5.41, 5.74) is 5.54. The summed E-state index contributed by atoms with van der Waals surface area (Å²) >= 11 is 0. The van der Waals surface area contributed by atoms with E-state index < -0.39 is 0 Å². The van der Waals surface area contributed by atoms with Crippen LogP contribution in [-0.2, 0) is 4.79 Å². The summed E-state index contributed by atoms with van der Waals surface area (Å²) in [6, 6.07) is 0. The summed E-state index contributed by atoms with van der Waals surface area (Å²) in [5.74, 6) is 1.02. The number of amides is 1. The smallest absolute Gasteiger partial charge is 0.242 e. The van der Waals surface area contributed by atoms with E-state index in [1.807, 2.05) is 13.8 Å². The highest BCUT2D eigenvalue weighted by Gasteiger charge is 2.13. The van der Waals surface area contributed by atoms with Crippen LogP contribution in [0.1, 0.15) is 13.8 Å². The van der Waals surface area contributed by atoms with E-state index >= 15 is 0 Å². The van der Waals surface area contributed by atoms with Crippen LogP contribution in [0.4, 0.5) is 11.6 Å². The first-order chi connectivity index (χ1) is 8.08. The molecule has 1 rings (SSSR count). The van der Waals surface area contributed by atoms with E-state index in [0.717, 1.165) is 0 Å². The number of carbonyl (C=O) groups excluding carboxylic acids is 1. The Bertz CT molecular complexity index is 378. The van der Waals surface area contributed by atoms with Crippen LogP contribution in [-0.4, -0.2) is 47.5 Å². The Labute approximate surface area is 101 Å². The van der Waals surface area contributed by atoms with Gasteiger partial charge in [0.1, 0.15) is 11.6 Å². The van der Waals surface area contributed by atoms with Gasteiger partial charge in [0.25, 0.3) is 0 Å². The van der Waals surface area contributed by atoms with Crippen LogP contribution >= 0.6 is 0 Å². The molecule has 0 bridgehead atoms. The van der Waals surface area contributed by atoms with Crippen molar-refractivity contribution in [2.24, 2.45) is 0 Å². The number of nitrogen functional groups attached to an aromatic ring is 1. The van der Waals surface area contributed by atoms with Crippen LogP contribution in [0.25, 0.3) is 0 Å². The number of rotatable bonds is 5. The number of nitrogens with zero attached hydrogens (tertiary/aromatic N) is 4. The van der Waals surface area contributed by atoms with E-state index in [9.17, 15) is 4.79 Å². The predicted molar refractivity (Wildman–Crippen MR) is 67.6 cm³/mol. The van der Waals surface area contributed by atoms with E-state index in [2.05, 4.69) is 9.97 Å². The lowest BCUT2D eigenvalue weighted by Crippen LogP contribution is -2.39. The lowest BCUT2D eigenvalue weighted by molar-refractivity contribution is -0.129. The van der Waals surface area contributed by atoms with Crippen LogP contribution in [0, 0.1) is 0 Å². The van der Waals surface area contributed by atoms with Gasteiger partial charge in [0.05, 0.1) is 18.9 Å². The fourth-order valence-corrected chi connectivity index (χ4v) is 1.51. The Morgan fingerprint density at radius 2 is 2.00 bits per heavy atom. The molecule has 17 heavy (non-hydrogen) atoms. The van der Waals surface area contributed by atoms with Gasteiger partial charge in [0.15, 0.2) is 0 Å². The molecule has 0 aromatic carbocycles. The molecule has 0 radical (unpaired) electrons. The summed E-state index contributed by atoms with van der Waals surface area (Å²) in [6.45, 7) is 5.63. The Hall–Kier alpha value is -1.85. The number of carbonyl (C=O) groups is 1. The molecule has 6 heteroatoms. The molecule has 0 unspecified atom stereocenters. The summed E-state index contributed by atoms with van der Waals surface area (Å²) in [4.78, 5) is 23.4. The second-order valence-corrected chi connectivity index (χ2v) is 3.72. The minimum absolute atomic E-state index is 0.0710. The Morgan fingerprint density at radius 1 is 1.35 bits per heavy atom.